The molecule has 1 aliphatic heterocycles. The Kier molecular flexibility index (Phi) is 5.95. The molecule has 4 aromatic rings. The van der Waals surface area contributed by atoms with Crippen LogP contribution in [-0.2, 0) is 4.74 Å². The van der Waals surface area contributed by atoms with Crippen LogP contribution in [0.3, 0.4) is 0 Å². The number of rotatable bonds is 6. The molecule has 0 aromatic carbocycles. The van der Waals surface area contributed by atoms with E-state index in [4.69, 9.17) is 4.74 Å². The first kappa shape index (κ1) is 21.0. The highest BCUT2D eigenvalue weighted by molar-refractivity contribution is 5.68. The van der Waals surface area contributed by atoms with Gasteiger partial charge in [-0.1, -0.05) is 18.2 Å². The van der Waals surface area contributed by atoms with E-state index in [0.29, 0.717) is 18.3 Å². The lowest BCUT2D eigenvalue weighted by Gasteiger charge is -2.41. The molecule has 5 rings (SSSR count). The molecule has 0 spiro atoms. The summed E-state index contributed by atoms with van der Waals surface area (Å²) < 4.78 is 7.42. The molecule has 0 bridgehead atoms. The van der Waals surface area contributed by atoms with Gasteiger partial charge in [-0.05, 0) is 19.1 Å². The zero-order chi connectivity index (χ0) is 22.6. The number of nitrogens with zero attached hydrogens (tertiary/aromatic N) is 8. The summed E-state index contributed by atoms with van der Waals surface area (Å²) in [6, 6.07) is 6.13. The number of fused-ring (bicyclic) bond motifs is 1. The van der Waals surface area contributed by atoms with Crippen molar-refractivity contribution in [1.82, 2.24) is 29.3 Å². The van der Waals surface area contributed by atoms with E-state index >= 15 is 0 Å². The van der Waals surface area contributed by atoms with Gasteiger partial charge in [0.25, 0.3) is 0 Å². The average molecular weight is 443 g/mol. The molecule has 9 heteroatoms. The standard InChI is InChI=1S/C24H26N8O/c1-18-14-31-15-20(13-28-24(31)29-18)7-6-19-11-26-23(27-12-19)32-10-9-30(16-21(32)17-33-2)22-5-3-4-8-25-22/h3-8,11-15,21H,9-10,16-17H2,1-2H3/b7-6+/t21-/m1/s1. The predicted molar refractivity (Wildman–Crippen MR) is 128 cm³/mol. The van der Waals surface area contributed by atoms with Crippen molar-refractivity contribution >= 4 is 29.7 Å². The molecule has 0 radical (unpaired) electrons. The summed E-state index contributed by atoms with van der Waals surface area (Å²) in [7, 11) is 1.73. The molecule has 0 N–H and O–H groups in total. The Morgan fingerprint density at radius 3 is 2.61 bits per heavy atom. The number of hydrogen-bond acceptors (Lipinski definition) is 8. The summed E-state index contributed by atoms with van der Waals surface area (Å²) >= 11 is 0. The number of imidazole rings is 1. The molecule has 168 valence electrons. The van der Waals surface area contributed by atoms with E-state index in [2.05, 4.69) is 34.7 Å². The number of aromatic nitrogens is 6. The molecule has 0 unspecified atom stereocenters. The number of ether oxygens (including phenoxy) is 1. The van der Waals surface area contributed by atoms with Crippen LogP contribution >= 0.6 is 0 Å². The summed E-state index contributed by atoms with van der Waals surface area (Å²) in [5.74, 6) is 2.40. The van der Waals surface area contributed by atoms with E-state index in [-0.39, 0.29) is 6.04 Å². The minimum absolute atomic E-state index is 0.142. The largest absolute Gasteiger partial charge is 0.382 e. The van der Waals surface area contributed by atoms with Gasteiger partial charge in [0.1, 0.15) is 5.82 Å². The molecule has 4 aromatic heterocycles. The lowest BCUT2D eigenvalue weighted by atomic mass is 10.2. The Balaban J connectivity index is 1.29. The molecular weight excluding hydrogens is 416 g/mol. The quantitative estimate of drug-likeness (QED) is 0.451. The third kappa shape index (κ3) is 4.68. The summed E-state index contributed by atoms with van der Waals surface area (Å²) in [6.45, 7) is 5.01. The molecular formula is C24H26N8O. The van der Waals surface area contributed by atoms with E-state index < -0.39 is 0 Å². The zero-order valence-corrected chi connectivity index (χ0v) is 18.7. The lowest BCUT2D eigenvalue weighted by molar-refractivity contribution is 0.173. The van der Waals surface area contributed by atoms with E-state index in [0.717, 1.165) is 42.3 Å². The Morgan fingerprint density at radius 2 is 1.82 bits per heavy atom. The van der Waals surface area contributed by atoms with E-state index in [1.54, 1.807) is 7.11 Å². The van der Waals surface area contributed by atoms with Crippen molar-refractivity contribution in [2.75, 3.05) is 43.2 Å². The maximum Gasteiger partial charge on any atom is 0.233 e. The van der Waals surface area contributed by atoms with Crippen LogP contribution in [0.1, 0.15) is 16.8 Å². The van der Waals surface area contributed by atoms with Gasteiger partial charge >= 0.3 is 0 Å². The SMILES string of the molecule is COC[C@H]1CN(c2ccccn2)CCN1c1ncc(/C=C/c2cnc3nc(C)cn3c2)cn1. The minimum Gasteiger partial charge on any atom is -0.382 e. The van der Waals surface area contributed by atoms with E-state index in [1.807, 2.05) is 78.9 Å². The minimum atomic E-state index is 0.142. The van der Waals surface area contributed by atoms with Crippen molar-refractivity contribution in [2.24, 2.45) is 0 Å². The van der Waals surface area contributed by atoms with Crippen LogP contribution in [0.15, 0.2) is 55.4 Å². The molecule has 33 heavy (non-hydrogen) atoms. The molecule has 1 atom stereocenters. The highest BCUT2D eigenvalue weighted by atomic mass is 16.5. The summed E-state index contributed by atoms with van der Waals surface area (Å²) in [5.41, 5.74) is 2.85. The van der Waals surface area contributed by atoms with Crippen LogP contribution in [0.2, 0.25) is 0 Å². The molecule has 5 heterocycles. The Labute approximate surface area is 192 Å². The van der Waals surface area contributed by atoms with Gasteiger partial charge in [0.2, 0.25) is 11.7 Å². The van der Waals surface area contributed by atoms with Gasteiger partial charge in [-0.2, -0.15) is 0 Å². The number of hydrogen-bond donors (Lipinski definition) is 0. The fraction of sp³-hybridized carbons (Fsp3) is 0.292. The molecule has 0 amide bonds. The first-order valence-corrected chi connectivity index (χ1v) is 10.9. The zero-order valence-electron chi connectivity index (χ0n) is 18.7. The molecule has 1 fully saturated rings. The van der Waals surface area contributed by atoms with Gasteiger partial charge in [-0.15, -0.1) is 0 Å². The first-order chi connectivity index (χ1) is 16.2. The molecule has 1 aliphatic rings. The van der Waals surface area contributed by atoms with Crippen molar-refractivity contribution in [3.05, 3.63) is 72.2 Å². The van der Waals surface area contributed by atoms with E-state index in [9.17, 15) is 0 Å². The van der Waals surface area contributed by atoms with Crippen LogP contribution in [-0.4, -0.2) is 68.7 Å². The lowest BCUT2D eigenvalue weighted by Crippen LogP contribution is -2.56. The number of piperazine rings is 1. The van der Waals surface area contributed by atoms with Crippen molar-refractivity contribution in [2.45, 2.75) is 13.0 Å². The fourth-order valence-electron chi connectivity index (χ4n) is 4.07. The maximum atomic E-state index is 5.49. The van der Waals surface area contributed by atoms with Gasteiger partial charge in [0, 0.05) is 75.1 Å². The highest BCUT2D eigenvalue weighted by Gasteiger charge is 2.29. The van der Waals surface area contributed by atoms with Crippen molar-refractivity contribution in [3.63, 3.8) is 0 Å². The molecule has 0 aliphatic carbocycles. The fourth-order valence-corrected chi connectivity index (χ4v) is 4.07. The number of anilines is 2. The predicted octanol–water partition coefficient (Wildman–Crippen LogP) is 2.73. The van der Waals surface area contributed by atoms with Crippen molar-refractivity contribution in [3.8, 4) is 0 Å². The van der Waals surface area contributed by atoms with Crippen LogP contribution < -0.4 is 9.80 Å². The average Bonchev–Trinajstić information content (AvgIpc) is 3.23. The molecule has 1 saturated heterocycles. The second kappa shape index (κ2) is 9.33. The second-order valence-electron chi connectivity index (χ2n) is 8.06. The van der Waals surface area contributed by atoms with Gasteiger partial charge in [0.05, 0.1) is 18.3 Å². The first-order valence-electron chi connectivity index (χ1n) is 10.9. The van der Waals surface area contributed by atoms with Gasteiger partial charge in [-0.3, -0.25) is 4.40 Å². The smallest absolute Gasteiger partial charge is 0.233 e. The highest BCUT2D eigenvalue weighted by Crippen LogP contribution is 2.21. The van der Waals surface area contributed by atoms with Gasteiger partial charge in [0.15, 0.2) is 0 Å². The Bertz CT molecular complexity index is 1240. The van der Waals surface area contributed by atoms with Crippen LogP contribution in [0, 0.1) is 6.92 Å². The number of pyridine rings is 1. The molecule has 9 nitrogen and oxygen atoms in total. The van der Waals surface area contributed by atoms with Gasteiger partial charge in [-0.25, -0.2) is 24.9 Å². The van der Waals surface area contributed by atoms with Gasteiger partial charge < -0.3 is 14.5 Å². The summed E-state index contributed by atoms with van der Waals surface area (Å²) in [6.07, 6.45) is 15.3. The topological polar surface area (TPSA) is 84.6 Å². The monoisotopic (exact) mass is 442 g/mol. The van der Waals surface area contributed by atoms with Crippen molar-refractivity contribution in [1.29, 1.82) is 0 Å². The van der Waals surface area contributed by atoms with Crippen LogP contribution in [0.4, 0.5) is 11.8 Å². The maximum absolute atomic E-state index is 5.49. The number of aryl methyl sites for hydroxylation is 1. The third-order valence-corrected chi connectivity index (χ3v) is 5.65. The third-order valence-electron chi connectivity index (χ3n) is 5.65. The Hall–Kier alpha value is -3.85. The van der Waals surface area contributed by atoms with Crippen LogP contribution in [0.5, 0.6) is 0 Å². The summed E-state index contributed by atoms with van der Waals surface area (Å²) in [5, 5.41) is 0. The Morgan fingerprint density at radius 1 is 1.00 bits per heavy atom. The van der Waals surface area contributed by atoms with Crippen molar-refractivity contribution < 1.29 is 4.74 Å². The van der Waals surface area contributed by atoms with E-state index in [1.165, 1.54) is 0 Å². The van der Waals surface area contributed by atoms with Crippen LogP contribution in [0.25, 0.3) is 17.9 Å². The normalized spacial score (nSPS) is 16.7. The summed E-state index contributed by atoms with van der Waals surface area (Å²) in [4.78, 5) is 27.0. The second-order valence-corrected chi connectivity index (χ2v) is 8.06. The number of methoxy groups -OCH3 is 1. The molecule has 0 saturated carbocycles.